The van der Waals surface area contributed by atoms with Crippen LogP contribution in [-0.2, 0) is 30.2 Å². The molecule has 1 aliphatic carbocycles. The van der Waals surface area contributed by atoms with Crippen LogP contribution in [0.5, 0.6) is 0 Å². The van der Waals surface area contributed by atoms with Crippen LogP contribution in [-0.4, -0.2) is 88.1 Å². The Morgan fingerprint density at radius 1 is 1.11 bits per heavy atom. The van der Waals surface area contributed by atoms with Gasteiger partial charge in [0.25, 0.3) is 0 Å². The normalized spacial score (nSPS) is 25.2. The van der Waals surface area contributed by atoms with Crippen molar-refractivity contribution in [2.75, 3.05) is 13.7 Å². The summed E-state index contributed by atoms with van der Waals surface area (Å²) >= 11 is 3.51. The van der Waals surface area contributed by atoms with E-state index in [9.17, 15) is 19.2 Å². The van der Waals surface area contributed by atoms with Gasteiger partial charge >= 0.3 is 18.3 Å². The minimum Gasteiger partial charge on any atom is -0.447 e. The Bertz CT molecular complexity index is 1180. The molecule has 1 aromatic carbocycles. The van der Waals surface area contributed by atoms with E-state index in [4.69, 9.17) is 18.9 Å². The number of alkyl halides is 1. The van der Waals surface area contributed by atoms with Crippen molar-refractivity contribution in [3.8, 4) is 0 Å². The first-order chi connectivity index (χ1) is 20.7. The SMILES string of the molecule is CNC(=O)OC(C(Br)C(=O)N1C(=O)OCC1Cc1ccccc1)C1OC(C)(C)N(C(=O)OC(C)(C)C)[C@@H]1CC1CCCCC1. The van der Waals surface area contributed by atoms with Crippen LogP contribution in [0, 0.1) is 5.92 Å². The van der Waals surface area contributed by atoms with Crippen LogP contribution in [0.25, 0.3) is 0 Å². The van der Waals surface area contributed by atoms with Crippen LogP contribution < -0.4 is 5.32 Å². The van der Waals surface area contributed by atoms with E-state index in [1.165, 1.54) is 13.5 Å². The second-order valence-corrected chi connectivity index (χ2v) is 14.3. The van der Waals surface area contributed by atoms with Gasteiger partial charge in [-0.1, -0.05) is 78.4 Å². The predicted molar refractivity (Wildman–Crippen MR) is 166 cm³/mol. The molecule has 4 amide bonds. The van der Waals surface area contributed by atoms with Gasteiger partial charge < -0.3 is 24.3 Å². The number of alkyl carbamates (subject to hydrolysis) is 1. The van der Waals surface area contributed by atoms with Crippen LogP contribution in [0.1, 0.15) is 78.7 Å². The molecule has 12 heteroatoms. The lowest BCUT2D eigenvalue weighted by molar-refractivity contribution is -0.135. The first-order valence-corrected chi connectivity index (χ1v) is 16.4. The molecule has 11 nitrogen and oxygen atoms in total. The monoisotopic (exact) mass is 679 g/mol. The highest BCUT2D eigenvalue weighted by atomic mass is 79.9. The third kappa shape index (κ3) is 8.04. The summed E-state index contributed by atoms with van der Waals surface area (Å²) in [5.74, 6) is -0.302. The molecule has 0 radical (unpaired) electrons. The van der Waals surface area contributed by atoms with Gasteiger partial charge in [-0.3, -0.25) is 9.69 Å². The maximum Gasteiger partial charge on any atom is 0.417 e. The van der Waals surface area contributed by atoms with Crippen molar-refractivity contribution in [3.63, 3.8) is 0 Å². The average Bonchev–Trinajstić information content (AvgIpc) is 3.45. The molecule has 0 spiro atoms. The van der Waals surface area contributed by atoms with Crippen molar-refractivity contribution in [1.29, 1.82) is 0 Å². The standard InChI is InChI=1S/C32H46BrN3O8/c1-31(2,3)44-30(40)36-23(18-21-15-11-8-12-16-21)25(43-32(36,4)5)26(42-28(38)34-6)24(33)27(37)35-22(19-41-29(35)39)17-20-13-9-7-10-14-20/h7,9-10,13-14,21-26H,8,11-12,15-19H2,1-6H3,(H,34,38)/t22?,23-,24?,25?,26?/m1/s1. The van der Waals surface area contributed by atoms with Crippen LogP contribution in [0.2, 0.25) is 0 Å². The smallest absolute Gasteiger partial charge is 0.417 e. The van der Waals surface area contributed by atoms with E-state index < -0.39 is 64.6 Å². The number of rotatable bonds is 8. The quantitative estimate of drug-likeness (QED) is 0.271. The van der Waals surface area contributed by atoms with Crippen molar-refractivity contribution in [1.82, 2.24) is 15.1 Å². The molecule has 244 valence electrons. The third-order valence-electron chi connectivity index (χ3n) is 8.41. The van der Waals surface area contributed by atoms with E-state index in [-0.39, 0.29) is 6.61 Å². The molecule has 4 unspecified atom stereocenters. The zero-order valence-corrected chi connectivity index (χ0v) is 28.1. The summed E-state index contributed by atoms with van der Waals surface area (Å²) in [5, 5.41) is 2.46. The van der Waals surface area contributed by atoms with Gasteiger partial charge in [0, 0.05) is 7.05 Å². The lowest BCUT2D eigenvalue weighted by atomic mass is 9.82. The Kier molecular flexibility index (Phi) is 10.9. The van der Waals surface area contributed by atoms with Crippen LogP contribution >= 0.6 is 15.9 Å². The first kappa shape index (κ1) is 34.0. The van der Waals surface area contributed by atoms with E-state index >= 15 is 0 Å². The number of hydrogen-bond acceptors (Lipinski definition) is 8. The number of nitrogens with zero attached hydrogens (tertiary/aromatic N) is 2. The Labute approximate surface area is 268 Å². The second kappa shape index (κ2) is 14.1. The molecule has 4 rings (SSSR count). The van der Waals surface area contributed by atoms with Crippen molar-refractivity contribution < 1.29 is 38.1 Å². The average molecular weight is 681 g/mol. The summed E-state index contributed by atoms with van der Waals surface area (Å²) in [4.78, 5) is 54.9. The highest BCUT2D eigenvalue weighted by Crippen LogP contribution is 2.42. The lowest BCUT2D eigenvalue weighted by Crippen LogP contribution is -2.55. The van der Waals surface area contributed by atoms with Crippen LogP contribution in [0.15, 0.2) is 30.3 Å². The number of hydrogen-bond donors (Lipinski definition) is 1. The Morgan fingerprint density at radius 2 is 1.77 bits per heavy atom. The van der Waals surface area contributed by atoms with Crippen molar-refractivity contribution in [2.45, 2.75) is 120 Å². The molecule has 0 bridgehead atoms. The van der Waals surface area contributed by atoms with Gasteiger partial charge in [0.15, 0.2) is 6.10 Å². The Balaban J connectivity index is 1.68. The minimum atomic E-state index is -1.20. The number of amides is 4. The zero-order valence-electron chi connectivity index (χ0n) is 26.5. The first-order valence-electron chi connectivity index (χ1n) is 15.5. The number of nitrogens with one attached hydrogen (secondary N) is 1. The van der Waals surface area contributed by atoms with E-state index in [2.05, 4.69) is 21.2 Å². The summed E-state index contributed by atoms with van der Waals surface area (Å²) in [5.41, 5.74) is -0.954. The number of carbonyl (C=O) groups is 4. The zero-order chi connectivity index (χ0) is 32.2. The summed E-state index contributed by atoms with van der Waals surface area (Å²) < 4.78 is 23.5. The number of cyclic esters (lactones) is 1. The summed E-state index contributed by atoms with van der Waals surface area (Å²) in [6, 6.07) is 8.40. The molecule has 2 heterocycles. The maximum absolute atomic E-state index is 14.1. The topological polar surface area (TPSA) is 124 Å². The number of carbonyl (C=O) groups excluding carboxylic acids is 4. The fourth-order valence-electron chi connectivity index (χ4n) is 6.49. The molecule has 5 atom stereocenters. The van der Waals surface area contributed by atoms with Gasteiger partial charge in [-0.25, -0.2) is 19.3 Å². The number of benzene rings is 1. The molecule has 1 aromatic rings. The summed E-state index contributed by atoms with van der Waals surface area (Å²) in [6.07, 6.45) is 2.16. The molecule has 2 saturated heterocycles. The predicted octanol–water partition coefficient (Wildman–Crippen LogP) is 5.78. The molecule has 0 aromatic heterocycles. The molecular weight excluding hydrogens is 634 g/mol. The Hall–Kier alpha value is -2.86. The molecule has 2 aliphatic heterocycles. The second-order valence-electron chi connectivity index (χ2n) is 13.3. The van der Waals surface area contributed by atoms with Gasteiger partial charge in [0.1, 0.15) is 28.9 Å². The molecule has 3 aliphatic rings. The van der Waals surface area contributed by atoms with Crippen molar-refractivity contribution in [3.05, 3.63) is 35.9 Å². The van der Waals surface area contributed by atoms with E-state index in [1.54, 1.807) is 39.5 Å². The lowest BCUT2D eigenvalue weighted by Gasteiger charge is -2.37. The van der Waals surface area contributed by atoms with Crippen molar-refractivity contribution in [2.24, 2.45) is 5.92 Å². The van der Waals surface area contributed by atoms with Gasteiger partial charge in [-0.15, -0.1) is 0 Å². The fraction of sp³-hybridized carbons (Fsp3) is 0.688. The number of halogens is 1. The van der Waals surface area contributed by atoms with Gasteiger partial charge in [0.05, 0.1) is 12.1 Å². The van der Waals surface area contributed by atoms with E-state index in [0.29, 0.717) is 18.8 Å². The molecular formula is C32H46BrN3O8. The summed E-state index contributed by atoms with van der Waals surface area (Å²) in [6.45, 7) is 8.97. The molecule has 44 heavy (non-hydrogen) atoms. The summed E-state index contributed by atoms with van der Waals surface area (Å²) in [7, 11) is 1.42. The largest absolute Gasteiger partial charge is 0.447 e. The molecule has 1 saturated carbocycles. The maximum atomic E-state index is 14.1. The molecule has 3 fully saturated rings. The van der Waals surface area contributed by atoms with Gasteiger partial charge in [-0.05, 0) is 58.9 Å². The number of imide groups is 1. The minimum absolute atomic E-state index is 0.0455. The van der Waals surface area contributed by atoms with Crippen LogP contribution in [0.4, 0.5) is 14.4 Å². The third-order valence-corrected chi connectivity index (χ3v) is 9.33. The molecule has 1 N–H and O–H groups in total. The number of ether oxygens (including phenoxy) is 4. The fourth-order valence-corrected chi connectivity index (χ4v) is 7.12. The van der Waals surface area contributed by atoms with Crippen molar-refractivity contribution >= 4 is 40.1 Å². The van der Waals surface area contributed by atoms with E-state index in [1.807, 2.05) is 30.3 Å². The van der Waals surface area contributed by atoms with E-state index in [0.717, 1.165) is 36.1 Å². The van der Waals surface area contributed by atoms with Gasteiger partial charge in [-0.2, -0.15) is 0 Å². The Morgan fingerprint density at radius 3 is 2.39 bits per heavy atom. The highest BCUT2D eigenvalue weighted by Gasteiger charge is 2.57. The highest BCUT2D eigenvalue weighted by molar-refractivity contribution is 9.10. The van der Waals surface area contributed by atoms with Gasteiger partial charge in [0.2, 0.25) is 5.91 Å². The van der Waals surface area contributed by atoms with Crippen LogP contribution in [0.3, 0.4) is 0 Å².